The number of hydrogen-bond donors (Lipinski definition) is 0. The van der Waals surface area contributed by atoms with Crippen molar-refractivity contribution in [3.63, 3.8) is 0 Å². The molecule has 0 saturated carbocycles. The van der Waals surface area contributed by atoms with Crippen LogP contribution in [0, 0.1) is 6.92 Å². The average molecular weight is 380 g/mol. The molecule has 0 bridgehead atoms. The van der Waals surface area contributed by atoms with Gasteiger partial charge in [-0.05, 0) is 30.0 Å². The predicted octanol–water partition coefficient (Wildman–Crippen LogP) is 4.62. The number of hydrogen-bond acceptors (Lipinski definition) is 5. The first-order valence-corrected chi connectivity index (χ1v) is 9.08. The summed E-state index contributed by atoms with van der Waals surface area (Å²) in [5, 5.41) is 0.412. The van der Waals surface area contributed by atoms with Gasteiger partial charge >= 0.3 is 5.97 Å². The summed E-state index contributed by atoms with van der Waals surface area (Å²) in [5.41, 5.74) is 2.95. The number of esters is 1. The molecule has 0 unspecified atom stereocenters. The molecule has 0 atom stereocenters. The Morgan fingerprint density at radius 2 is 1.75 bits per heavy atom. The van der Waals surface area contributed by atoms with Crippen molar-refractivity contribution in [2.45, 2.75) is 33.1 Å². The minimum atomic E-state index is -0.572. The molecule has 0 saturated heterocycles. The van der Waals surface area contributed by atoms with Crippen molar-refractivity contribution in [1.82, 2.24) is 0 Å². The van der Waals surface area contributed by atoms with Crippen LogP contribution in [0.2, 0.25) is 0 Å². The van der Waals surface area contributed by atoms with Gasteiger partial charge in [0, 0.05) is 5.56 Å². The fraction of sp³-hybridized carbons (Fsp3) is 0.304. The zero-order valence-electron chi connectivity index (χ0n) is 16.8. The molecule has 5 nitrogen and oxygen atoms in total. The van der Waals surface area contributed by atoms with Crippen molar-refractivity contribution < 1.29 is 18.7 Å². The third-order valence-electron chi connectivity index (χ3n) is 4.58. The van der Waals surface area contributed by atoms with Gasteiger partial charge in [0.25, 0.3) is 0 Å². The molecule has 0 radical (unpaired) electrons. The van der Waals surface area contributed by atoms with E-state index in [2.05, 4.69) is 25.5 Å². The second kappa shape index (κ2) is 7.50. The minimum absolute atomic E-state index is 0.00446. The SMILES string of the molecule is COC(=O)COc1c(-c2ccc(C(C)(C)C)cc2)oc2ccc(C)cc2c1=O. The first-order chi connectivity index (χ1) is 13.2. The Morgan fingerprint density at radius 1 is 1.07 bits per heavy atom. The molecule has 1 heterocycles. The molecule has 0 N–H and O–H groups in total. The summed E-state index contributed by atoms with van der Waals surface area (Å²) in [4.78, 5) is 24.6. The monoisotopic (exact) mass is 380 g/mol. The third-order valence-corrected chi connectivity index (χ3v) is 4.58. The number of carbonyl (C=O) groups is 1. The summed E-state index contributed by atoms with van der Waals surface area (Å²) in [7, 11) is 1.27. The van der Waals surface area contributed by atoms with Gasteiger partial charge in [0.15, 0.2) is 12.4 Å². The summed E-state index contributed by atoms with van der Waals surface area (Å²) in [6, 6.07) is 13.2. The Balaban J connectivity index is 2.17. The maximum Gasteiger partial charge on any atom is 0.343 e. The lowest BCUT2D eigenvalue weighted by molar-refractivity contribution is -0.142. The Kier molecular flexibility index (Phi) is 5.27. The van der Waals surface area contributed by atoms with Gasteiger partial charge in [0.2, 0.25) is 11.2 Å². The van der Waals surface area contributed by atoms with Crippen molar-refractivity contribution in [2.75, 3.05) is 13.7 Å². The number of ether oxygens (including phenoxy) is 2. The van der Waals surface area contributed by atoms with Crippen molar-refractivity contribution in [2.24, 2.45) is 0 Å². The molecular formula is C23H24O5. The molecule has 146 valence electrons. The van der Waals surface area contributed by atoms with Crippen LogP contribution >= 0.6 is 0 Å². The first kappa shape index (κ1) is 19.7. The largest absolute Gasteiger partial charge is 0.474 e. The van der Waals surface area contributed by atoms with Gasteiger partial charge in [-0.3, -0.25) is 4.79 Å². The van der Waals surface area contributed by atoms with Crippen molar-refractivity contribution >= 4 is 16.9 Å². The summed E-state index contributed by atoms with van der Waals surface area (Å²) in [5.74, 6) is -0.268. The van der Waals surface area contributed by atoms with E-state index in [1.54, 1.807) is 12.1 Å². The van der Waals surface area contributed by atoms with Crippen LogP contribution in [-0.2, 0) is 14.9 Å². The molecule has 2 aromatic carbocycles. The number of methoxy groups -OCH3 is 1. The van der Waals surface area contributed by atoms with Crippen LogP contribution in [0.4, 0.5) is 0 Å². The molecule has 0 aliphatic carbocycles. The molecule has 5 heteroatoms. The highest BCUT2D eigenvalue weighted by Gasteiger charge is 2.20. The summed E-state index contributed by atoms with van der Waals surface area (Å²) >= 11 is 0. The summed E-state index contributed by atoms with van der Waals surface area (Å²) in [6.07, 6.45) is 0. The number of rotatable bonds is 4. The molecule has 3 rings (SSSR count). The van der Waals surface area contributed by atoms with Crippen LogP contribution < -0.4 is 10.2 Å². The zero-order valence-corrected chi connectivity index (χ0v) is 16.8. The van der Waals surface area contributed by atoms with Crippen LogP contribution in [0.25, 0.3) is 22.3 Å². The van der Waals surface area contributed by atoms with Gasteiger partial charge in [-0.15, -0.1) is 0 Å². The van der Waals surface area contributed by atoms with Crippen LogP contribution in [0.1, 0.15) is 31.9 Å². The number of benzene rings is 2. The van der Waals surface area contributed by atoms with Gasteiger partial charge in [-0.25, -0.2) is 4.79 Å². The Labute approximate surface area is 163 Å². The molecule has 0 spiro atoms. The topological polar surface area (TPSA) is 65.7 Å². The lowest BCUT2D eigenvalue weighted by atomic mass is 9.86. The van der Waals surface area contributed by atoms with Gasteiger partial charge in [-0.2, -0.15) is 0 Å². The molecule has 0 fully saturated rings. The standard InChI is InChI=1S/C23H24O5/c1-14-6-11-18-17(12-14)20(25)22(27-13-19(24)26-5)21(28-18)15-7-9-16(10-8-15)23(2,3)4/h6-12H,13H2,1-5H3. The van der Waals surface area contributed by atoms with E-state index >= 15 is 0 Å². The van der Waals surface area contributed by atoms with Crippen molar-refractivity contribution in [3.8, 4) is 17.1 Å². The van der Waals surface area contributed by atoms with Crippen LogP contribution in [0.5, 0.6) is 5.75 Å². The van der Waals surface area contributed by atoms with Crippen molar-refractivity contribution in [3.05, 3.63) is 63.8 Å². The highest BCUT2D eigenvalue weighted by Crippen LogP contribution is 2.33. The van der Waals surface area contributed by atoms with E-state index in [4.69, 9.17) is 9.15 Å². The van der Waals surface area contributed by atoms with Gasteiger partial charge in [-0.1, -0.05) is 56.7 Å². The predicted molar refractivity (Wildman–Crippen MR) is 109 cm³/mol. The van der Waals surface area contributed by atoms with E-state index in [0.29, 0.717) is 22.3 Å². The lowest BCUT2D eigenvalue weighted by Crippen LogP contribution is -2.17. The van der Waals surface area contributed by atoms with E-state index in [-0.39, 0.29) is 23.2 Å². The number of aryl methyl sites for hydroxylation is 1. The molecule has 0 aliphatic heterocycles. The van der Waals surface area contributed by atoms with E-state index in [0.717, 1.165) is 11.1 Å². The smallest absolute Gasteiger partial charge is 0.343 e. The molecule has 1 aromatic heterocycles. The fourth-order valence-electron chi connectivity index (χ4n) is 2.92. The highest BCUT2D eigenvalue weighted by atomic mass is 16.6. The van der Waals surface area contributed by atoms with E-state index in [9.17, 15) is 9.59 Å². The Morgan fingerprint density at radius 3 is 2.36 bits per heavy atom. The first-order valence-electron chi connectivity index (χ1n) is 9.08. The average Bonchev–Trinajstić information content (AvgIpc) is 2.66. The van der Waals surface area contributed by atoms with Gasteiger partial charge in [0.05, 0.1) is 12.5 Å². The van der Waals surface area contributed by atoms with E-state index < -0.39 is 5.97 Å². The zero-order chi connectivity index (χ0) is 20.5. The number of fused-ring (bicyclic) bond motifs is 1. The summed E-state index contributed by atoms with van der Waals surface area (Å²) < 4.78 is 16.2. The van der Waals surface area contributed by atoms with E-state index in [1.807, 2.05) is 37.3 Å². The van der Waals surface area contributed by atoms with Gasteiger partial charge in [0.1, 0.15) is 5.58 Å². The van der Waals surface area contributed by atoms with Gasteiger partial charge < -0.3 is 13.9 Å². The Bertz CT molecular complexity index is 1070. The van der Waals surface area contributed by atoms with Crippen LogP contribution in [0.3, 0.4) is 0 Å². The maximum atomic E-state index is 13.1. The fourth-order valence-corrected chi connectivity index (χ4v) is 2.92. The molecule has 3 aromatic rings. The molecule has 28 heavy (non-hydrogen) atoms. The second-order valence-electron chi connectivity index (χ2n) is 7.78. The molecular weight excluding hydrogens is 356 g/mol. The van der Waals surface area contributed by atoms with Crippen LogP contribution in [0.15, 0.2) is 51.7 Å². The normalized spacial score (nSPS) is 11.5. The maximum absolute atomic E-state index is 13.1. The van der Waals surface area contributed by atoms with Crippen molar-refractivity contribution in [1.29, 1.82) is 0 Å². The highest BCUT2D eigenvalue weighted by molar-refractivity contribution is 5.83. The molecule has 0 amide bonds. The number of carbonyl (C=O) groups excluding carboxylic acids is 1. The quantitative estimate of drug-likeness (QED) is 0.618. The third kappa shape index (κ3) is 3.93. The van der Waals surface area contributed by atoms with Crippen LogP contribution in [-0.4, -0.2) is 19.7 Å². The lowest BCUT2D eigenvalue weighted by Gasteiger charge is -2.19. The second-order valence-corrected chi connectivity index (χ2v) is 7.78. The summed E-state index contributed by atoms with van der Waals surface area (Å²) in [6.45, 7) is 7.92. The minimum Gasteiger partial charge on any atom is -0.474 e. The van der Waals surface area contributed by atoms with E-state index in [1.165, 1.54) is 7.11 Å². The molecule has 0 aliphatic rings. The Hall–Kier alpha value is -3.08.